The van der Waals surface area contributed by atoms with E-state index >= 15 is 0 Å². The Kier molecular flexibility index (Phi) is 3.22. The van der Waals surface area contributed by atoms with Crippen LogP contribution in [-0.4, -0.2) is 12.9 Å². The topological polar surface area (TPSA) is 26.3 Å². The minimum Gasteiger partial charge on any atom is -0.493 e. The molecule has 0 N–H and O–H groups in total. The second-order valence-electron chi connectivity index (χ2n) is 4.18. The average molecular weight is 323 g/mol. The zero-order valence-corrected chi connectivity index (χ0v) is 12.0. The van der Waals surface area contributed by atoms with Crippen molar-refractivity contribution in [2.45, 2.75) is 12.8 Å². The highest BCUT2D eigenvalue weighted by Gasteiger charge is 2.18. The third kappa shape index (κ3) is 2.10. The monoisotopic (exact) mass is 322 g/mol. The van der Waals surface area contributed by atoms with Crippen LogP contribution in [0, 0.1) is 0 Å². The fourth-order valence-electron chi connectivity index (χ4n) is 2.16. The lowest BCUT2D eigenvalue weighted by Crippen LogP contribution is -1.98. The number of fused-ring (bicyclic) bond motifs is 3. The molecule has 0 saturated carbocycles. The molecule has 3 rings (SSSR count). The van der Waals surface area contributed by atoms with E-state index in [0.717, 1.165) is 33.4 Å². The second kappa shape index (κ2) is 4.86. The summed E-state index contributed by atoms with van der Waals surface area (Å²) in [6, 6.07) is 8.24. The molecule has 0 amide bonds. The molecule has 0 unspecified atom stereocenters. The normalized spacial score (nSPS) is 13.2. The Hall–Kier alpha value is -1.13. The molecule has 2 aromatic rings. The first-order valence-corrected chi connectivity index (χ1v) is 7.37. The SMILES string of the molecule is O=CCc1cc2c(s1)-c1ccc(Br)cc1OCC2. The standard InChI is InChI=1S/C14H11BrO2S/c15-10-1-2-12-13(8-10)17-6-4-9-7-11(3-5-16)18-14(9)12/h1-2,5,7-8H,3-4,6H2. The van der Waals surface area contributed by atoms with Gasteiger partial charge in [-0.1, -0.05) is 15.9 Å². The van der Waals surface area contributed by atoms with E-state index < -0.39 is 0 Å². The van der Waals surface area contributed by atoms with Crippen LogP contribution in [0.5, 0.6) is 5.75 Å². The van der Waals surface area contributed by atoms with Gasteiger partial charge in [0, 0.05) is 32.6 Å². The van der Waals surface area contributed by atoms with Crippen molar-refractivity contribution in [3.63, 3.8) is 0 Å². The Morgan fingerprint density at radius 2 is 2.28 bits per heavy atom. The Morgan fingerprint density at radius 1 is 1.39 bits per heavy atom. The summed E-state index contributed by atoms with van der Waals surface area (Å²) in [6.45, 7) is 0.688. The van der Waals surface area contributed by atoms with Gasteiger partial charge in [-0.2, -0.15) is 0 Å². The van der Waals surface area contributed by atoms with E-state index in [2.05, 4.69) is 28.1 Å². The number of carbonyl (C=O) groups excluding carboxylic acids is 1. The van der Waals surface area contributed by atoms with Gasteiger partial charge in [0.15, 0.2) is 0 Å². The molecular weight excluding hydrogens is 312 g/mol. The molecule has 2 nitrogen and oxygen atoms in total. The zero-order valence-electron chi connectivity index (χ0n) is 9.61. The predicted molar refractivity (Wildman–Crippen MR) is 76.4 cm³/mol. The maximum absolute atomic E-state index is 10.6. The number of carbonyl (C=O) groups is 1. The van der Waals surface area contributed by atoms with Crippen molar-refractivity contribution in [2.75, 3.05) is 6.61 Å². The van der Waals surface area contributed by atoms with Crippen molar-refractivity contribution in [2.24, 2.45) is 0 Å². The van der Waals surface area contributed by atoms with Gasteiger partial charge in [-0.05, 0) is 29.8 Å². The quantitative estimate of drug-likeness (QED) is 0.785. The number of ether oxygens (including phenoxy) is 1. The van der Waals surface area contributed by atoms with Gasteiger partial charge in [0.1, 0.15) is 12.0 Å². The maximum atomic E-state index is 10.6. The zero-order chi connectivity index (χ0) is 12.5. The molecule has 1 aromatic heterocycles. The van der Waals surface area contributed by atoms with Gasteiger partial charge in [0.05, 0.1) is 6.61 Å². The van der Waals surface area contributed by atoms with E-state index in [4.69, 9.17) is 4.74 Å². The average Bonchev–Trinajstić information content (AvgIpc) is 2.66. The Bertz CT molecular complexity index is 604. The van der Waals surface area contributed by atoms with E-state index in [1.807, 2.05) is 12.1 Å². The third-order valence-electron chi connectivity index (χ3n) is 2.96. The third-order valence-corrected chi connectivity index (χ3v) is 4.69. The Labute approximate surface area is 118 Å². The van der Waals surface area contributed by atoms with E-state index in [1.54, 1.807) is 11.3 Å². The molecule has 0 bridgehead atoms. The predicted octanol–water partition coefficient (Wildman–Crippen LogP) is 3.85. The Morgan fingerprint density at radius 3 is 3.11 bits per heavy atom. The maximum Gasteiger partial charge on any atom is 0.129 e. The van der Waals surface area contributed by atoms with Crippen molar-refractivity contribution in [3.05, 3.63) is 39.2 Å². The summed E-state index contributed by atoms with van der Waals surface area (Å²) in [7, 11) is 0. The van der Waals surface area contributed by atoms with Gasteiger partial charge in [-0.25, -0.2) is 0 Å². The lowest BCUT2D eigenvalue weighted by molar-refractivity contribution is -0.107. The van der Waals surface area contributed by atoms with Crippen LogP contribution in [0.1, 0.15) is 10.4 Å². The molecule has 1 aromatic carbocycles. The van der Waals surface area contributed by atoms with Gasteiger partial charge in [0.2, 0.25) is 0 Å². The summed E-state index contributed by atoms with van der Waals surface area (Å²) < 4.78 is 6.80. The number of benzene rings is 1. The molecular formula is C14H11BrO2S. The van der Waals surface area contributed by atoms with E-state index in [9.17, 15) is 4.79 Å². The lowest BCUT2D eigenvalue weighted by atomic mass is 10.1. The van der Waals surface area contributed by atoms with Crippen LogP contribution >= 0.6 is 27.3 Å². The molecule has 0 fully saturated rings. The first-order valence-electron chi connectivity index (χ1n) is 5.76. The minimum atomic E-state index is 0.504. The summed E-state index contributed by atoms with van der Waals surface area (Å²) in [6.07, 6.45) is 2.37. The molecule has 0 saturated heterocycles. The largest absolute Gasteiger partial charge is 0.493 e. The Balaban J connectivity index is 2.14. The van der Waals surface area contributed by atoms with Gasteiger partial charge < -0.3 is 9.53 Å². The number of thiophene rings is 1. The summed E-state index contributed by atoms with van der Waals surface area (Å²) in [4.78, 5) is 13.0. The number of rotatable bonds is 2. The lowest BCUT2D eigenvalue weighted by Gasteiger charge is -2.07. The highest BCUT2D eigenvalue weighted by atomic mass is 79.9. The molecule has 4 heteroatoms. The van der Waals surface area contributed by atoms with Crippen molar-refractivity contribution >= 4 is 33.6 Å². The summed E-state index contributed by atoms with van der Waals surface area (Å²) in [5.74, 6) is 0.919. The molecule has 1 aliphatic heterocycles. The summed E-state index contributed by atoms with van der Waals surface area (Å²) in [5, 5.41) is 0. The number of aldehydes is 1. The number of hydrogen-bond donors (Lipinski definition) is 0. The second-order valence-corrected chi connectivity index (χ2v) is 6.23. The van der Waals surface area contributed by atoms with Crippen LogP contribution in [0.25, 0.3) is 10.4 Å². The number of hydrogen-bond acceptors (Lipinski definition) is 3. The highest BCUT2D eigenvalue weighted by Crippen LogP contribution is 2.41. The van der Waals surface area contributed by atoms with Crippen LogP contribution in [0.3, 0.4) is 0 Å². The van der Waals surface area contributed by atoms with Crippen molar-refractivity contribution in [1.29, 1.82) is 0 Å². The summed E-state index contributed by atoms with van der Waals surface area (Å²) >= 11 is 5.16. The molecule has 1 aliphatic rings. The smallest absolute Gasteiger partial charge is 0.129 e. The van der Waals surface area contributed by atoms with Gasteiger partial charge in [-0.3, -0.25) is 0 Å². The van der Waals surface area contributed by atoms with Gasteiger partial charge in [0.25, 0.3) is 0 Å². The van der Waals surface area contributed by atoms with Crippen LogP contribution in [-0.2, 0) is 17.6 Å². The van der Waals surface area contributed by atoms with Crippen LogP contribution < -0.4 is 4.74 Å². The summed E-state index contributed by atoms with van der Waals surface area (Å²) in [5.41, 5.74) is 2.42. The minimum absolute atomic E-state index is 0.504. The van der Waals surface area contributed by atoms with Crippen molar-refractivity contribution in [3.8, 4) is 16.2 Å². The molecule has 2 heterocycles. The van der Waals surface area contributed by atoms with Gasteiger partial charge >= 0.3 is 0 Å². The fraction of sp³-hybridized carbons (Fsp3) is 0.214. The molecule has 0 aliphatic carbocycles. The van der Waals surface area contributed by atoms with Crippen LogP contribution in [0.4, 0.5) is 0 Å². The van der Waals surface area contributed by atoms with Gasteiger partial charge in [-0.15, -0.1) is 11.3 Å². The molecule has 0 atom stereocenters. The first-order chi connectivity index (χ1) is 8.78. The molecule has 0 spiro atoms. The molecule has 0 radical (unpaired) electrons. The molecule has 18 heavy (non-hydrogen) atoms. The van der Waals surface area contributed by atoms with E-state index in [-0.39, 0.29) is 0 Å². The van der Waals surface area contributed by atoms with E-state index in [1.165, 1.54) is 10.4 Å². The highest BCUT2D eigenvalue weighted by molar-refractivity contribution is 9.10. The number of halogens is 1. The van der Waals surface area contributed by atoms with Crippen molar-refractivity contribution in [1.82, 2.24) is 0 Å². The molecule has 92 valence electrons. The van der Waals surface area contributed by atoms with Crippen LogP contribution in [0.2, 0.25) is 0 Å². The first kappa shape index (κ1) is 11.9. The fourth-order valence-corrected chi connectivity index (χ4v) is 3.68. The van der Waals surface area contributed by atoms with Crippen LogP contribution in [0.15, 0.2) is 28.7 Å². The van der Waals surface area contributed by atoms with Crippen molar-refractivity contribution < 1.29 is 9.53 Å². The van der Waals surface area contributed by atoms with E-state index in [0.29, 0.717) is 13.0 Å².